The maximum absolute atomic E-state index is 10.1. The monoisotopic (exact) mass is 180 g/mol. The van der Waals surface area contributed by atoms with Crippen LogP contribution < -0.4 is 5.73 Å². The van der Waals surface area contributed by atoms with Gasteiger partial charge in [0.2, 0.25) is 0 Å². The Morgan fingerprint density at radius 1 is 1.46 bits per heavy atom. The van der Waals surface area contributed by atoms with E-state index in [4.69, 9.17) is 5.73 Å². The van der Waals surface area contributed by atoms with Crippen LogP contribution in [0.4, 0.5) is 5.69 Å². The van der Waals surface area contributed by atoms with Gasteiger partial charge in [0.25, 0.3) is 0 Å². The molecular weight excluding hydrogens is 164 g/mol. The van der Waals surface area contributed by atoms with Gasteiger partial charge in [0.1, 0.15) is 5.60 Å². The predicted molar refractivity (Wildman–Crippen MR) is 53.1 cm³/mol. The van der Waals surface area contributed by atoms with Gasteiger partial charge in [-0.2, -0.15) is 0 Å². The van der Waals surface area contributed by atoms with E-state index in [0.29, 0.717) is 24.2 Å². The number of nitrogen functional groups attached to an aromatic ring is 1. The summed E-state index contributed by atoms with van der Waals surface area (Å²) in [4.78, 5) is 4.12. The summed E-state index contributed by atoms with van der Waals surface area (Å²) < 4.78 is 0. The summed E-state index contributed by atoms with van der Waals surface area (Å²) in [5.41, 5.74) is 6.03. The number of hydrogen-bond donors (Lipinski definition) is 2. The molecule has 0 saturated heterocycles. The van der Waals surface area contributed by atoms with Crippen molar-refractivity contribution in [3.63, 3.8) is 0 Å². The molecule has 0 saturated carbocycles. The molecule has 0 aliphatic carbocycles. The van der Waals surface area contributed by atoms with E-state index in [1.165, 1.54) is 0 Å². The van der Waals surface area contributed by atoms with Crippen molar-refractivity contribution in [2.24, 2.45) is 0 Å². The van der Waals surface area contributed by atoms with E-state index in [0.717, 1.165) is 0 Å². The normalized spacial score (nSPS) is 11.6. The van der Waals surface area contributed by atoms with Gasteiger partial charge in [-0.15, -0.1) is 0 Å². The maximum Gasteiger partial charge on any atom is 0.108 e. The lowest BCUT2D eigenvalue weighted by Crippen LogP contribution is -2.26. The molecule has 1 rings (SSSR count). The molecule has 0 radical (unpaired) electrons. The highest BCUT2D eigenvalue weighted by Crippen LogP contribution is 2.30. The van der Waals surface area contributed by atoms with E-state index in [-0.39, 0.29) is 0 Å². The van der Waals surface area contributed by atoms with Gasteiger partial charge in [-0.1, -0.05) is 13.8 Å². The van der Waals surface area contributed by atoms with E-state index in [1.807, 2.05) is 13.8 Å². The smallest absolute Gasteiger partial charge is 0.108 e. The highest BCUT2D eigenvalue weighted by molar-refractivity contribution is 5.45. The molecule has 0 aromatic carbocycles. The number of anilines is 1. The van der Waals surface area contributed by atoms with E-state index in [9.17, 15) is 5.11 Å². The first-order valence-corrected chi connectivity index (χ1v) is 4.57. The van der Waals surface area contributed by atoms with Crippen molar-refractivity contribution < 1.29 is 5.11 Å². The van der Waals surface area contributed by atoms with Crippen LogP contribution in [0, 0.1) is 0 Å². The molecule has 0 fully saturated rings. The van der Waals surface area contributed by atoms with Crippen LogP contribution >= 0.6 is 0 Å². The first kappa shape index (κ1) is 9.99. The quantitative estimate of drug-likeness (QED) is 0.743. The first-order chi connectivity index (χ1) is 6.14. The molecule has 0 spiro atoms. The fourth-order valence-electron chi connectivity index (χ4n) is 1.39. The Morgan fingerprint density at radius 2 is 2.08 bits per heavy atom. The summed E-state index contributed by atoms with van der Waals surface area (Å²) in [7, 11) is 0. The van der Waals surface area contributed by atoms with Crippen molar-refractivity contribution in [1.82, 2.24) is 4.98 Å². The molecule has 0 aliphatic rings. The number of rotatable bonds is 3. The van der Waals surface area contributed by atoms with E-state index in [2.05, 4.69) is 4.98 Å². The SMILES string of the molecule is CCC(O)(CC)c1ncccc1N. The standard InChI is InChI=1S/C10H16N2O/c1-3-10(13,4-2)9-8(11)6-5-7-12-9/h5-7,13H,3-4,11H2,1-2H3. The zero-order valence-electron chi connectivity index (χ0n) is 8.12. The van der Waals surface area contributed by atoms with Gasteiger partial charge in [-0.05, 0) is 25.0 Å². The van der Waals surface area contributed by atoms with Crippen molar-refractivity contribution in [2.75, 3.05) is 5.73 Å². The fraction of sp³-hybridized carbons (Fsp3) is 0.500. The summed E-state index contributed by atoms with van der Waals surface area (Å²) in [5, 5.41) is 10.1. The molecule has 72 valence electrons. The van der Waals surface area contributed by atoms with Crippen LogP contribution in [0.15, 0.2) is 18.3 Å². The molecule has 3 nitrogen and oxygen atoms in total. The van der Waals surface area contributed by atoms with E-state index < -0.39 is 5.60 Å². The van der Waals surface area contributed by atoms with Crippen LogP contribution in [0.1, 0.15) is 32.4 Å². The van der Waals surface area contributed by atoms with Gasteiger partial charge in [0, 0.05) is 6.20 Å². The number of hydrogen-bond acceptors (Lipinski definition) is 3. The zero-order valence-corrected chi connectivity index (χ0v) is 8.12. The Kier molecular flexibility index (Phi) is 2.88. The maximum atomic E-state index is 10.1. The summed E-state index contributed by atoms with van der Waals surface area (Å²) >= 11 is 0. The first-order valence-electron chi connectivity index (χ1n) is 4.57. The molecule has 0 aliphatic heterocycles. The summed E-state index contributed by atoms with van der Waals surface area (Å²) in [6, 6.07) is 3.53. The van der Waals surface area contributed by atoms with Gasteiger partial charge in [-0.3, -0.25) is 4.98 Å². The highest BCUT2D eigenvalue weighted by atomic mass is 16.3. The van der Waals surface area contributed by atoms with Crippen molar-refractivity contribution in [1.29, 1.82) is 0 Å². The molecule has 1 heterocycles. The van der Waals surface area contributed by atoms with Crippen LogP contribution in [0.3, 0.4) is 0 Å². The number of pyridine rings is 1. The summed E-state index contributed by atoms with van der Waals surface area (Å²) in [6.45, 7) is 3.86. The number of nitrogens with zero attached hydrogens (tertiary/aromatic N) is 1. The second-order valence-electron chi connectivity index (χ2n) is 3.18. The molecule has 0 amide bonds. The van der Waals surface area contributed by atoms with Crippen LogP contribution in [-0.4, -0.2) is 10.1 Å². The Hall–Kier alpha value is -1.09. The lowest BCUT2D eigenvalue weighted by molar-refractivity contribution is 0.0248. The van der Waals surface area contributed by atoms with Gasteiger partial charge < -0.3 is 10.8 Å². The van der Waals surface area contributed by atoms with Gasteiger partial charge in [-0.25, -0.2) is 0 Å². The second kappa shape index (κ2) is 3.75. The molecule has 1 aromatic rings. The molecule has 3 heteroatoms. The average molecular weight is 180 g/mol. The Labute approximate surface area is 78.6 Å². The number of nitrogens with two attached hydrogens (primary N) is 1. The minimum Gasteiger partial charge on any atom is -0.397 e. The lowest BCUT2D eigenvalue weighted by Gasteiger charge is -2.25. The predicted octanol–water partition coefficient (Wildman–Crippen LogP) is 1.67. The van der Waals surface area contributed by atoms with E-state index in [1.54, 1.807) is 18.3 Å². The Morgan fingerprint density at radius 3 is 2.54 bits per heavy atom. The molecular formula is C10H16N2O. The van der Waals surface area contributed by atoms with Crippen molar-refractivity contribution in [3.8, 4) is 0 Å². The zero-order chi connectivity index (χ0) is 9.90. The lowest BCUT2D eigenvalue weighted by atomic mass is 9.92. The molecule has 0 atom stereocenters. The summed E-state index contributed by atoms with van der Waals surface area (Å²) in [6.07, 6.45) is 2.91. The largest absolute Gasteiger partial charge is 0.397 e. The molecule has 1 aromatic heterocycles. The minimum atomic E-state index is -0.870. The van der Waals surface area contributed by atoms with Crippen LogP contribution in [-0.2, 0) is 5.60 Å². The third-order valence-electron chi connectivity index (χ3n) is 2.45. The van der Waals surface area contributed by atoms with Crippen LogP contribution in [0.5, 0.6) is 0 Å². The Balaban J connectivity index is 3.12. The van der Waals surface area contributed by atoms with Crippen LogP contribution in [0.25, 0.3) is 0 Å². The molecule has 3 N–H and O–H groups in total. The molecule has 0 unspecified atom stereocenters. The van der Waals surface area contributed by atoms with Crippen molar-refractivity contribution in [2.45, 2.75) is 32.3 Å². The summed E-state index contributed by atoms with van der Waals surface area (Å²) in [5.74, 6) is 0. The van der Waals surface area contributed by atoms with E-state index >= 15 is 0 Å². The Bertz CT molecular complexity index is 282. The number of aliphatic hydroxyl groups is 1. The third-order valence-corrected chi connectivity index (χ3v) is 2.45. The average Bonchev–Trinajstić information content (AvgIpc) is 2.17. The molecule has 13 heavy (non-hydrogen) atoms. The van der Waals surface area contributed by atoms with Crippen molar-refractivity contribution in [3.05, 3.63) is 24.0 Å². The number of aromatic nitrogens is 1. The van der Waals surface area contributed by atoms with Gasteiger partial charge in [0.15, 0.2) is 0 Å². The van der Waals surface area contributed by atoms with Crippen LogP contribution in [0.2, 0.25) is 0 Å². The molecule has 0 bridgehead atoms. The third kappa shape index (κ3) is 1.80. The minimum absolute atomic E-state index is 0.564. The topological polar surface area (TPSA) is 59.1 Å². The highest BCUT2D eigenvalue weighted by Gasteiger charge is 2.28. The second-order valence-corrected chi connectivity index (χ2v) is 3.18. The fourth-order valence-corrected chi connectivity index (χ4v) is 1.39. The van der Waals surface area contributed by atoms with Crippen molar-refractivity contribution >= 4 is 5.69 Å². The van der Waals surface area contributed by atoms with Gasteiger partial charge >= 0.3 is 0 Å². The van der Waals surface area contributed by atoms with Gasteiger partial charge in [0.05, 0.1) is 11.4 Å².